The Balaban J connectivity index is 1.61. The molecule has 3 aromatic rings. The van der Waals surface area contributed by atoms with Crippen molar-refractivity contribution >= 4 is 35.1 Å². The van der Waals surface area contributed by atoms with Crippen LogP contribution >= 0.6 is 23.6 Å². The number of nitrogens with one attached hydrogen (secondary N) is 2. The first-order chi connectivity index (χ1) is 13.6. The lowest BCUT2D eigenvalue weighted by Gasteiger charge is -2.18. The topological polar surface area (TPSA) is 66.0 Å². The minimum atomic E-state index is -0.0415. The third-order valence-corrected chi connectivity index (χ3v) is 5.75. The number of hydrogen-bond donors (Lipinski definition) is 2. The summed E-state index contributed by atoms with van der Waals surface area (Å²) in [4.78, 5) is 15.8. The Kier molecular flexibility index (Phi) is 7.13. The van der Waals surface area contributed by atoms with E-state index >= 15 is 0 Å². The maximum absolute atomic E-state index is 12.5. The molecule has 0 bridgehead atoms. The molecule has 0 spiro atoms. The zero-order chi connectivity index (χ0) is 19.9. The van der Waals surface area contributed by atoms with E-state index in [9.17, 15) is 4.79 Å². The molecule has 0 saturated carbocycles. The third kappa shape index (κ3) is 5.15. The van der Waals surface area contributed by atoms with Gasteiger partial charge in [-0.2, -0.15) is 5.10 Å². The summed E-state index contributed by atoms with van der Waals surface area (Å²) in [5.41, 5.74) is 2.02. The zero-order valence-electron chi connectivity index (χ0n) is 16.1. The number of rotatable bonds is 9. The second-order valence-corrected chi connectivity index (χ2v) is 7.78. The molecule has 2 aromatic heterocycles. The summed E-state index contributed by atoms with van der Waals surface area (Å²) in [5, 5.41) is 12.1. The van der Waals surface area contributed by atoms with Gasteiger partial charge in [-0.05, 0) is 54.5 Å². The molecule has 0 unspecified atom stereocenters. The smallest absolute Gasteiger partial charge is 0.226 e. The van der Waals surface area contributed by atoms with Crippen molar-refractivity contribution < 1.29 is 4.79 Å². The van der Waals surface area contributed by atoms with Crippen LogP contribution in [0.5, 0.6) is 0 Å². The van der Waals surface area contributed by atoms with Gasteiger partial charge >= 0.3 is 0 Å². The van der Waals surface area contributed by atoms with Crippen molar-refractivity contribution in [3.63, 3.8) is 0 Å². The number of anilines is 1. The molecule has 6 nitrogen and oxygen atoms in total. The molecular weight excluding hydrogens is 390 g/mol. The lowest BCUT2D eigenvalue weighted by Crippen LogP contribution is -2.22. The number of carbonyl (C=O) groups excluding carboxylic acids is 1. The van der Waals surface area contributed by atoms with Gasteiger partial charge in [-0.1, -0.05) is 32.0 Å². The molecule has 2 N–H and O–H groups in total. The monoisotopic (exact) mass is 415 g/mol. The van der Waals surface area contributed by atoms with Gasteiger partial charge in [-0.25, -0.2) is 0 Å². The Morgan fingerprint density at radius 3 is 2.82 bits per heavy atom. The molecule has 0 aliphatic heterocycles. The molecule has 0 aliphatic rings. The summed E-state index contributed by atoms with van der Waals surface area (Å²) in [5.74, 6) is 0.731. The van der Waals surface area contributed by atoms with Crippen LogP contribution in [0.3, 0.4) is 0 Å². The molecule has 28 heavy (non-hydrogen) atoms. The van der Waals surface area contributed by atoms with Crippen molar-refractivity contribution in [1.29, 1.82) is 0 Å². The zero-order valence-corrected chi connectivity index (χ0v) is 17.8. The quantitative estimate of drug-likeness (QED) is 0.504. The van der Waals surface area contributed by atoms with Gasteiger partial charge in [0.1, 0.15) is 0 Å². The maximum Gasteiger partial charge on any atom is 0.226 e. The number of H-pyrrole nitrogens is 1. The molecule has 0 saturated heterocycles. The molecule has 8 heteroatoms. The Bertz CT molecular complexity index is 957. The lowest BCUT2D eigenvalue weighted by molar-refractivity contribution is -0.116. The maximum atomic E-state index is 12.5. The number of carbonyl (C=O) groups is 1. The molecule has 0 radical (unpaired) electrons. The lowest BCUT2D eigenvalue weighted by atomic mass is 10.2. The van der Waals surface area contributed by atoms with Gasteiger partial charge in [0.05, 0.1) is 4.88 Å². The minimum Gasteiger partial charge on any atom is -0.326 e. The molecule has 2 heterocycles. The van der Waals surface area contributed by atoms with Crippen LogP contribution in [0.4, 0.5) is 5.69 Å². The highest BCUT2D eigenvalue weighted by Gasteiger charge is 2.12. The first-order valence-electron chi connectivity index (χ1n) is 9.41. The molecule has 1 aromatic carbocycles. The van der Waals surface area contributed by atoms with Crippen molar-refractivity contribution in [3.05, 3.63) is 52.1 Å². The number of amides is 1. The van der Waals surface area contributed by atoms with Crippen molar-refractivity contribution in [2.45, 2.75) is 33.4 Å². The second-order valence-electron chi connectivity index (χ2n) is 6.44. The number of hydrogen-bond acceptors (Lipinski definition) is 5. The molecule has 1 amide bonds. The molecule has 0 atom stereocenters. The SMILES string of the molecule is CCN(CC)Cc1cccc(NC(=O)CCn2c(-c3cccs3)n[nH]c2=S)c1. The summed E-state index contributed by atoms with van der Waals surface area (Å²) < 4.78 is 2.40. The summed E-state index contributed by atoms with van der Waals surface area (Å²) >= 11 is 6.92. The fraction of sp³-hybridized carbons (Fsp3) is 0.350. The average molecular weight is 416 g/mol. The van der Waals surface area contributed by atoms with Crippen molar-refractivity contribution in [2.75, 3.05) is 18.4 Å². The Morgan fingerprint density at radius 2 is 2.11 bits per heavy atom. The third-order valence-electron chi connectivity index (χ3n) is 4.57. The predicted octanol–water partition coefficient (Wildman–Crippen LogP) is 4.54. The summed E-state index contributed by atoms with van der Waals surface area (Å²) in [6.45, 7) is 7.68. The Hall–Kier alpha value is -2.29. The molecule has 0 aliphatic carbocycles. The van der Waals surface area contributed by atoms with E-state index in [0.29, 0.717) is 17.7 Å². The number of aromatic amines is 1. The molecule has 3 rings (SSSR count). The first-order valence-corrected chi connectivity index (χ1v) is 10.7. The molecule has 148 valence electrons. The van der Waals surface area contributed by atoms with Gasteiger partial charge in [0.15, 0.2) is 10.6 Å². The predicted molar refractivity (Wildman–Crippen MR) is 117 cm³/mol. The van der Waals surface area contributed by atoms with Crippen LogP contribution in [0.1, 0.15) is 25.8 Å². The number of nitrogens with zero attached hydrogens (tertiary/aromatic N) is 3. The molecule has 0 fully saturated rings. The highest BCUT2D eigenvalue weighted by atomic mass is 32.1. The van der Waals surface area contributed by atoms with E-state index in [1.165, 1.54) is 5.56 Å². The Morgan fingerprint density at radius 1 is 1.29 bits per heavy atom. The molecular formula is C20H25N5OS2. The second kappa shape index (κ2) is 9.77. The number of benzene rings is 1. The van der Waals surface area contributed by atoms with Crippen LogP contribution in [-0.4, -0.2) is 38.7 Å². The van der Waals surface area contributed by atoms with Gasteiger partial charge in [-0.15, -0.1) is 11.3 Å². The fourth-order valence-corrected chi connectivity index (χ4v) is 3.95. The number of thiophene rings is 1. The van der Waals surface area contributed by atoms with Crippen LogP contribution in [-0.2, 0) is 17.9 Å². The summed E-state index contributed by atoms with van der Waals surface area (Å²) in [7, 11) is 0. The van der Waals surface area contributed by atoms with Gasteiger partial charge in [0.25, 0.3) is 0 Å². The minimum absolute atomic E-state index is 0.0415. The Labute approximate surface area is 174 Å². The highest BCUT2D eigenvalue weighted by Crippen LogP contribution is 2.23. The van der Waals surface area contributed by atoms with E-state index in [1.54, 1.807) is 11.3 Å². The summed E-state index contributed by atoms with van der Waals surface area (Å²) in [6, 6.07) is 12.0. The van der Waals surface area contributed by atoms with Crippen molar-refractivity contribution in [2.24, 2.45) is 0 Å². The van der Waals surface area contributed by atoms with E-state index in [2.05, 4.69) is 40.3 Å². The van der Waals surface area contributed by atoms with Crippen LogP contribution in [0.2, 0.25) is 0 Å². The van der Waals surface area contributed by atoms with Crippen LogP contribution < -0.4 is 5.32 Å². The fourth-order valence-electron chi connectivity index (χ4n) is 3.01. The van der Waals surface area contributed by atoms with Gasteiger partial charge < -0.3 is 5.32 Å². The van der Waals surface area contributed by atoms with E-state index in [-0.39, 0.29) is 5.91 Å². The largest absolute Gasteiger partial charge is 0.326 e. The normalized spacial score (nSPS) is 11.1. The van der Waals surface area contributed by atoms with Crippen LogP contribution in [0.25, 0.3) is 10.7 Å². The van der Waals surface area contributed by atoms with Crippen LogP contribution in [0, 0.1) is 4.77 Å². The van der Waals surface area contributed by atoms with Gasteiger partial charge in [-0.3, -0.25) is 19.4 Å². The summed E-state index contributed by atoms with van der Waals surface area (Å²) in [6.07, 6.45) is 0.326. The first kappa shape index (κ1) is 20.4. The van der Waals surface area contributed by atoms with E-state index in [1.807, 2.05) is 40.3 Å². The van der Waals surface area contributed by atoms with Crippen molar-refractivity contribution in [1.82, 2.24) is 19.7 Å². The van der Waals surface area contributed by atoms with E-state index in [0.717, 1.165) is 36.0 Å². The van der Waals surface area contributed by atoms with Gasteiger partial charge in [0.2, 0.25) is 5.91 Å². The standard InChI is InChI=1S/C20H25N5OS2/c1-3-24(4-2)14-15-7-5-8-16(13-15)21-18(26)10-11-25-19(22-23-20(25)27)17-9-6-12-28-17/h5-9,12-13H,3-4,10-11,14H2,1-2H3,(H,21,26)(H,23,27). The van der Waals surface area contributed by atoms with E-state index in [4.69, 9.17) is 12.2 Å². The highest BCUT2D eigenvalue weighted by molar-refractivity contribution is 7.71. The average Bonchev–Trinajstić information content (AvgIpc) is 3.34. The van der Waals surface area contributed by atoms with Gasteiger partial charge in [0, 0.05) is 25.2 Å². The van der Waals surface area contributed by atoms with Crippen LogP contribution in [0.15, 0.2) is 41.8 Å². The number of aromatic nitrogens is 3. The van der Waals surface area contributed by atoms with Crippen molar-refractivity contribution in [3.8, 4) is 10.7 Å². The van der Waals surface area contributed by atoms with E-state index < -0.39 is 0 Å².